The minimum absolute atomic E-state index is 0.0134. The Hall–Kier alpha value is -4.88. The Balaban J connectivity index is 1.13. The molecular formula is C65H79N. The van der Waals surface area contributed by atoms with Crippen LogP contribution in [-0.4, -0.2) is 7.05 Å². The summed E-state index contributed by atoms with van der Waals surface area (Å²) in [6, 6.07) is 46.5. The molecule has 0 N–H and O–H groups in total. The quantitative estimate of drug-likeness (QED) is 0.0580. The van der Waals surface area contributed by atoms with E-state index in [1.54, 1.807) is 22.3 Å². The van der Waals surface area contributed by atoms with Crippen molar-refractivity contribution in [3.8, 4) is 44.5 Å². The molecule has 0 amide bonds. The summed E-state index contributed by atoms with van der Waals surface area (Å²) in [5.74, 6) is 0. The largest absolute Gasteiger partial charge is 0.345 e. The summed E-state index contributed by atoms with van der Waals surface area (Å²) in [7, 11) is 2.28. The number of benzene rings is 6. The fourth-order valence-electron chi connectivity index (χ4n) is 12.6. The molecule has 6 aromatic rings. The third kappa shape index (κ3) is 8.86. The topological polar surface area (TPSA) is 3.24 Å². The maximum atomic E-state index is 2.68. The molecule has 1 heteroatoms. The average molecular weight is 874 g/mol. The molecule has 6 aromatic carbocycles. The van der Waals surface area contributed by atoms with Gasteiger partial charge in [0.15, 0.2) is 0 Å². The van der Waals surface area contributed by atoms with E-state index in [1.807, 2.05) is 0 Å². The Bertz CT molecular complexity index is 2610. The monoisotopic (exact) mass is 874 g/mol. The maximum Gasteiger partial charge on any atom is 0.0414 e. The highest BCUT2D eigenvalue weighted by molar-refractivity contribution is 5.88. The van der Waals surface area contributed by atoms with Gasteiger partial charge in [0, 0.05) is 29.3 Å². The number of hydrogen-bond acceptors (Lipinski definition) is 1. The molecule has 344 valence electrons. The molecule has 1 nitrogen and oxygen atoms in total. The molecule has 66 heavy (non-hydrogen) atoms. The Morgan fingerprint density at radius 1 is 0.379 bits per heavy atom. The van der Waals surface area contributed by atoms with Crippen molar-refractivity contribution < 1.29 is 0 Å². The summed E-state index contributed by atoms with van der Waals surface area (Å²) in [6.45, 7) is 11.7. The van der Waals surface area contributed by atoms with E-state index in [0.717, 1.165) is 0 Å². The van der Waals surface area contributed by atoms with Crippen LogP contribution in [0.4, 0.5) is 11.4 Å². The van der Waals surface area contributed by atoms with Crippen molar-refractivity contribution in [2.24, 2.45) is 0 Å². The van der Waals surface area contributed by atoms with Gasteiger partial charge in [-0.1, -0.05) is 208 Å². The summed E-state index contributed by atoms with van der Waals surface area (Å²) in [4.78, 5) is 2.44. The van der Waals surface area contributed by atoms with Crippen LogP contribution in [0.1, 0.15) is 189 Å². The predicted octanol–water partition coefficient (Wildman–Crippen LogP) is 19.2. The number of rotatable bonds is 23. The highest BCUT2D eigenvalue weighted by atomic mass is 15.1. The number of unbranched alkanes of at least 4 members (excludes halogenated alkanes) is 11. The molecule has 0 bridgehead atoms. The van der Waals surface area contributed by atoms with E-state index < -0.39 is 0 Å². The van der Waals surface area contributed by atoms with E-state index in [4.69, 9.17) is 0 Å². The van der Waals surface area contributed by atoms with Crippen molar-refractivity contribution in [1.82, 2.24) is 0 Å². The molecule has 0 spiro atoms. The molecule has 0 radical (unpaired) electrons. The van der Waals surface area contributed by atoms with Crippen LogP contribution in [0.3, 0.4) is 0 Å². The summed E-state index contributed by atoms with van der Waals surface area (Å²) < 4.78 is 0. The molecule has 3 aliphatic rings. The Morgan fingerprint density at radius 2 is 0.803 bits per heavy atom. The Morgan fingerprint density at radius 3 is 1.33 bits per heavy atom. The van der Waals surface area contributed by atoms with Gasteiger partial charge in [-0.25, -0.2) is 0 Å². The standard InChI is InChI=1S/C65H79N/c1-7-11-15-19-38-64(37-18-14-10-4)60-41-47(5)25-33-56(60)57-34-30-52(44-61(57)64)53-31-35-58-59-36-32-55(66(6)54-24-22-23-49(43-54)51-29-27-48-26-28-50(48)42-51)46-63(59)65(62(58)45-53,39-20-16-12-8-2)40-21-17-13-9-3/h22-25,27,29-36,41-46H,7-21,26,28,37-40H2,1-6H3. The van der Waals surface area contributed by atoms with E-state index in [0.29, 0.717) is 0 Å². The molecule has 0 heterocycles. The average Bonchev–Trinajstić information content (AvgIpc) is 3.75. The van der Waals surface area contributed by atoms with Crippen LogP contribution in [0, 0.1) is 6.92 Å². The second-order valence-electron chi connectivity index (χ2n) is 20.9. The lowest BCUT2D eigenvalue weighted by Crippen LogP contribution is -2.26. The van der Waals surface area contributed by atoms with Crippen molar-refractivity contribution in [1.29, 1.82) is 0 Å². The lowest BCUT2D eigenvalue weighted by Gasteiger charge is -2.34. The van der Waals surface area contributed by atoms with E-state index in [9.17, 15) is 0 Å². The second kappa shape index (κ2) is 20.6. The minimum Gasteiger partial charge on any atom is -0.345 e. The van der Waals surface area contributed by atoms with E-state index >= 15 is 0 Å². The molecule has 0 saturated carbocycles. The highest BCUT2D eigenvalue weighted by Gasteiger charge is 2.44. The second-order valence-corrected chi connectivity index (χ2v) is 20.9. The lowest BCUT2D eigenvalue weighted by molar-refractivity contribution is 0.401. The van der Waals surface area contributed by atoms with Crippen molar-refractivity contribution >= 4 is 11.4 Å². The van der Waals surface area contributed by atoms with Crippen LogP contribution in [-0.2, 0) is 23.7 Å². The molecular weight excluding hydrogens is 795 g/mol. The van der Waals surface area contributed by atoms with E-state index in [-0.39, 0.29) is 10.8 Å². The lowest BCUT2D eigenvalue weighted by atomic mass is 9.69. The minimum atomic E-state index is -0.0134. The molecule has 0 aliphatic heterocycles. The first-order valence-electron chi connectivity index (χ1n) is 26.9. The summed E-state index contributed by atoms with van der Waals surface area (Å²) >= 11 is 0. The van der Waals surface area contributed by atoms with Gasteiger partial charge in [0.1, 0.15) is 0 Å². The molecule has 0 saturated heterocycles. The predicted molar refractivity (Wildman–Crippen MR) is 287 cm³/mol. The first kappa shape index (κ1) is 46.2. The fourth-order valence-corrected chi connectivity index (χ4v) is 12.6. The fraction of sp³-hybridized carbons (Fsp3) is 0.446. The first-order chi connectivity index (χ1) is 32.3. The first-order valence-corrected chi connectivity index (χ1v) is 26.9. The van der Waals surface area contributed by atoms with Crippen LogP contribution in [0.5, 0.6) is 0 Å². The van der Waals surface area contributed by atoms with E-state index in [2.05, 4.69) is 162 Å². The van der Waals surface area contributed by atoms with E-state index in [1.165, 1.54) is 207 Å². The highest BCUT2D eigenvalue weighted by Crippen LogP contribution is 2.58. The van der Waals surface area contributed by atoms with Crippen molar-refractivity contribution in [3.63, 3.8) is 0 Å². The number of fused-ring (bicyclic) bond motifs is 7. The zero-order valence-corrected chi connectivity index (χ0v) is 41.8. The molecule has 1 unspecified atom stereocenters. The normalized spacial score (nSPS) is 16.0. The smallest absolute Gasteiger partial charge is 0.0414 e. The summed E-state index contributed by atoms with van der Waals surface area (Å²) in [5.41, 5.74) is 24.7. The zero-order chi connectivity index (χ0) is 45.7. The van der Waals surface area contributed by atoms with Gasteiger partial charge >= 0.3 is 0 Å². The molecule has 9 rings (SSSR count). The Kier molecular flexibility index (Phi) is 14.4. The summed E-state index contributed by atoms with van der Waals surface area (Å²) in [6.07, 6.45) is 26.7. The zero-order valence-electron chi connectivity index (χ0n) is 41.8. The maximum absolute atomic E-state index is 2.68. The molecule has 0 aromatic heterocycles. The van der Waals surface area contributed by atoms with Gasteiger partial charge in [-0.2, -0.15) is 0 Å². The third-order valence-electron chi connectivity index (χ3n) is 16.6. The number of anilines is 2. The number of aryl methyl sites for hydroxylation is 3. The van der Waals surface area contributed by atoms with Gasteiger partial charge in [0.2, 0.25) is 0 Å². The van der Waals surface area contributed by atoms with Crippen LogP contribution in [0.25, 0.3) is 44.5 Å². The number of hydrogen-bond donors (Lipinski definition) is 0. The third-order valence-corrected chi connectivity index (χ3v) is 16.6. The van der Waals surface area contributed by atoms with Gasteiger partial charge in [-0.3, -0.25) is 0 Å². The van der Waals surface area contributed by atoms with Gasteiger partial charge in [0.25, 0.3) is 0 Å². The van der Waals surface area contributed by atoms with Gasteiger partial charge in [-0.15, -0.1) is 0 Å². The Labute approximate surface area is 400 Å². The van der Waals surface area contributed by atoms with Crippen LogP contribution in [0.15, 0.2) is 115 Å². The van der Waals surface area contributed by atoms with Crippen molar-refractivity contribution in [2.75, 3.05) is 11.9 Å². The van der Waals surface area contributed by atoms with Crippen LogP contribution < -0.4 is 4.90 Å². The van der Waals surface area contributed by atoms with Crippen molar-refractivity contribution in [2.45, 2.75) is 180 Å². The SMILES string of the molecule is CCCCCCC1(CCCCC)c2cc(C)ccc2-c2ccc(-c3ccc4c(c3)C(CCCCCC)(CCCCCC)c3cc(N(C)c5cccc(-c6ccc7c(c6)CC7)c5)ccc3-4)cc21. The molecule has 0 fully saturated rings. The summed E-state index contributed by atoms with van der Waals surface area (Å²) in [5, 5.41) is 0. The van der Waals surface area contributed by atoms with Crippen molar-refractivity contribution in [3.05, 3.63) is 154 Å². The van der Waals surface area contributed by atoms with Crippen LogP contribution >= 0.6 is 0 Å². The molecule has 1 atom stereocenters. The van der Waals surface area contributed by atoms with Gasteiger partial charge < -0.3 is 4.90 Å². The van der Waals surface area contributed by atoms with Gasteiger partial charge in [0.05, 0.1) is 0 Å². The van der Waals surface area contributed by atoms with Gasteiger partial charge in [-0.05, 0) is 160 Å². The number of nitrogens with zero attached hydrogens (tertiary/aromatic N) is 1. The van der Waals surface area contributed by atoms with Crippen LogP contribution in [0.2, 0.25) is 0 Å². The molecule has 3 aliphatic carbocycles.